The minimum atomic E-state index is -0.0905. The third-order valence-electron chi connectivity index (χ3n) is 4.32. The molecule has 0 saturated heterocycles. The van der Waals surface area contributed by atoms with Gasteiger partial charge in [0.1, 0.15) is 5.75 Å². The van der Waals surface area contributed by atoms with Crippen LogP contribution >= 0.6 is 23.4 Å². The summed E-state index contributed by atoms with van der Waals surface area (Å²) in [6.07, 6.45) is 0. The van der Waals surface area contributed by atoms with Gasteiger partial charge >= 0.3 is 0 Å². The van der Waals surface area contributed by atoms with Crippen molar-refractivity contribution in [2.75, 3.05) is 18.2 Å². The molecule has 3 rings (SSSR count). The zero-order valence-electron chi connectivity index (χ0n) is 16.1. The Morgan fingerprint density at radius 3 is 2.61 bits per heavy atom. The second-order valence-electron chi connectivity index (χ2n) is 6.31. The first-order chi connectivity index (χ1) is 13.4. The summed E-state index contributed by atoms with van der Waals surface area (Å²) in [5.74, 6) is 1.42. The lowest BCUT2D eigenvalue weighted by Crippen LogP contribution is -2.16. The highest BCUT2D eigenvalue weighted by Crippen LogP contribution is 2.32. The van der Waals surface area contributed by atoms with Gasteiger partial charge in [-0.25, -0.2) is 0 Å². The topological polar surface area (TPSA) is 69.0 Å². The zero-order chi connectivity index (χ0) is 20.3. The lowest BCUT2D eigenvalue weighted by Gasteiger charge is -2.11. The highest BCUT2D eigenvalue weighted by Gasteiger charge is 2.17. The van der Waals surface area contributed by atoms with Gasteiger partial charge in [0, 0.05) is 17.8 Å². The Balaban J connectivity index is 1.73. The van der Waals surface area contributed by atoms with Crippen LogP contribution in [0.15, 0.2) is 41.6 Å². The molecule has 1 aromatic heterocycles. The van der Waals surface area contributed by atoms with Crippen molar-refractivity contribution >= 4 is 35.0 Å². The van der Waals surface area contributed by atoms with E-state index in [1.807, 2.05) is 43.7 Å². The quantitative estimate of drug-likeness (QED) is 0.599. The summed E-state index contributed by atoms with van der Waals surface area (Å²) in [5.41, 5.74) is 3.67. The number of hydrogen-bond donors (Lipinski definition) is 1. The van der Waals surface area contributed by atoms with Gasteiger partial charge in [-0.2, -0.15) is 0 Å². The summed E-state index contributed by atoms with van der Waals surface area (Å²) < 4.78 is 7.22. The molecule has 8 heteroatoms. The number of thioether (sulfide) groups is 1. The number of aromatic nitrogens is 3. The normalized spacial score (nSPS) is 10.8. The number of ether oxygens (including phenoxy) is 1. The average molecular weight is 417 g/mol. The van der Waals surface area contributed by atoms with E-state index in [0.29, 0.717) is 21.8 Å². The zero-order valence-corrected chi connectivity index (χ0v) is 17.7. The van der Waals surface area contributed by atoms with E-state index in [1.54, 1.807) is 25.3 Å². The number of carbonyl (C=O) groups is 1. The van der Waals surface area contributed by atoms with Crippen molar-refractivity contribution < 1.29 is 9.53 Å². The van der Waals surface area contributed by atoms with E-state index in [9.17, 15) is 4.79 Å². The summed E-state index contributed by atoms with van der Waals surface area (Å²) in [4.78, 5) is 12.4. The molecule has 0 fully saturated rings. The van der Waals surface area contributed by atoms with Crippen molar-refractivity contribution in [3.8, 4) is 17.1 Å². The summed E-state index contributed by atoms with van der Waals surface area (Å²) in [6, 6.07) is 11.3. The summed E-state index contributed by atoms with van der Waals surface area (Å²) in [6.45, 7) is 3.95. The van der Waals surface area contributed by atoms with E-state index in [4.69, 9.17) is 16.3 Å². The highest BCUT2D eigenvalue weighted by molar-refractivity contribution is 7.99. The minimum Gasteiger partial charge on any atom is -0.496 e. The van der Waals surface area contributed by atoms with Gasteiger partial charge in [-0.1, -0.05) is 41.6 Å². The third kappa shape index (κ3) is 4.31. The van der Waals surface area contributed by atoms with E-state index in [0.717, 1.165) is 22.4 Å². The third-order valence-corrected chi connectivity index (χ3v) is 5.57. The number of amides is 1. The minimum absolute atomic E-state index is 0.0905. The maximum atomic E-state index is 12.4. The van der Waals surface area contributed by atoms with Gasteiger partial charge in [-0.05, 0) is 43.2 Å². The van der Waals surface area contributed by atoms with Crippen LogP contribution in [0.25, 0.3) is 11.4 Å². The van der Waals surface area contributed by atoms with E-state index >= 15 is 0 Å². The van der Waals surface area contributed by atoms with Crippen LogP contribution in [0.5, 0.6) is 5.75 Å². The van der Waals surface area contributed by atoms with E-state index in [-0.39, 0.29) is 11.7 Å². The van der Waals surface area contributed by atoms with E-state index < -0.39 is 0 Å². The molecule has 28 heavy (non-hydrogen) atoms. The fourth-order valence-corrected chi connectivity index (χ4v) is 3.73. The predicted molar refractivity (Wildman–Crippen MR) is 113 cm³/mol. The number of nitrogens with one attached hydrogen (secondary N) is 1. The fraction of sp³-hybridized carbons (Fsp3) is 0.250. The second kappa shape index (κ2) is 8.67. The highest BCUT2D eigenvalue weighted by atomic mass is 35.5. The second-order valence-corrected chi connectivity index (χ2v) is 7.69. The molecule has 1 N–H and O–H groups in total. The Kier molecular flexibility index (Phi) is 6.26. The Morgan fingerprint density at radius 2 is 1.93 bits per heavy atom. The molecule has 0 unspecified atom stereocenters. The van der Waals surface area contributed by atoms with Crippen LogP contribution in [0, 0.1) is 13.8 Å². The van der Waals surface area contributed by atoms with Crippen molar-refractivity contribution in [2.24, 2.45) is 7.05 Å². The van der Waals surface area contributed by atoms with Gasteiger partial charge < -0.3 is 14.6 Å². The standard InChI is InChI=1S/C20H21ClN4O2S/c1-12-6-5-7-13(2)18(12)22-17(26)11-28-20-24-23-19(25(20)3)15-10-14(21)8-9-16(15)27-4/h5-10H,11H2,1-4H3,(H,22,26). The van der Waals surface area contributed by atoms with Gasteiger partial charge in [-0.3, -0.25) is 4.79 Å². The van der Waals surface area contributed by atoms with Crippen LogP contribution in [0.3, 0.4) is 0 Å². The SMILES string of the molecule is COc1ccc(Cl)cc1-c1nnc(SCC(=O)Nc2c(C)cccc2C)n1C. The number of benzene rings is 2. The van der Waals surface area contributed by atoms with Gasteiger partial charge in [0.15, 0.2) is 11.0 Å². The Labute approximate surface area is 173 Å². The Morgan fingerprint density at radius 1 is 1.21 bits per heavy atom. The molecule has 0 radical (unpaired) electrons. The molecular weight excluding hydrogens is 396 g/mol. The first-order valence-corrected chi connectivity index (χ1v) is 9.99. The maximum absolute atomic E-state index is 12.4. The van der Waals surface area contributed by atoms with Gasteiger partial charge in [-0.15, -0.1) is 10.2 Å². The fourth-order valence-electron chi connectivity index (χ4n) is 2.85. The number of aryl methyl sites for hydroxylation is 2. The summed E-state index contributed by atoms with van der Waals surface area (Å²) in [7, 11) is 3.44. The van der Waals surface area contributed by atoms with E-state index in [2.05, 4.69) is 15.5 Å². The molecule has 1 amide bonds. The summed E-state index contributed by atoms with van der Waals surface area (Å²) in [5, 5.41) is 12.7. The molecule has 2 aromatic carbocycles. The summed E-state index contributed by atoms with van der Waals surface area (Å²) >= 11 is 7.44. The first kappa shape index (κ1) is 20.2. The number of rotatable bonds is 6. The van der Waals surface area contributed by atoms with E-state index in [1.165, 1.54) is 11.8 Å². The molecule has 0 bridgehead atoms. The molecule has 1 heterocycles. The number of para-hydroxylation sites is 1. The van der Waals surface area contributed by atoms with Gasteiger partial charge in [0.05, 0.1) is 18.4 Å². The number of hydrogen-bond acceptors (Lipinski definition) is 5. The van der Waals surface area contributed by atoms with Crippen molar-refractivity contribution in [1.29, 1.82) is 0 Å². The van der Waals surface area contributed by atoms with Crippen LogP contribution in [-0.4, -0.2) is 33.5 Å². The predicted octanol–water partition coefficient (Wildman–Crippen LogP) is 4.49. The molecule has 3 aromatic rings. The molecular formula is C20H21ClN4O2S. The van der Waals surface area contributed by atoms with Crippen molar-refractivity contribution in [3.05, 3.63) is 52.5 Å². The Bertz CT molecular complexity index is 999. The molecule has 0 atom stereocenters. The molecule has 0 saturated carbocycles. The van der Waals surface area contributed by atoms with Crippen LogP contribution in [0.2, 0.25) is 5.02 Å². The molecule has 6 nitrogen and oxygen atoms in total. The number of nitrogens with zero attached hydrogens (tertiary/aromatic N) is 3. The first-order valence-electron chi connectivity index (χ1n) is 8.63. The monoisotopic (exact) mass is 416 g/mol. The smallest absolute Gasteiger partial charge is 0.234 e. The number of methoxy groups -OCH3 is 1. The average Bonchev–Trinajstić information content (AvgIpc) is 3.03. The molecule has 146 valence electrons. The molecule has 0 aliphatic rings. The molecule has 0 aliphatic heterocycles. The molecule has 0 spiro atoms. The van der Waals surface area contributed by atoms with Crippen LogP contribution in [0.4, 0.5) is 5.69 Å². The van der Waals surface area contributed by atoms with Crippen molar-refractivity contribution in [1.82, 2.24) is 14.8 Å². The van der Waals surface area contributed by atoms with Crippen LogP contribution in [0.1, 0.15) is 11.1 Å². The molecule has 0 aliphatic carbocycles. The van der Waals surface area contributed by atoms with Crippen molar-refractivity contribution in [3.63, 3.8) is 0 Å². The van der Waals surface area contributed by atoms with Gasteiger partial charge in [0.2, 0.25) is 5.91 Å². The van der Waals surface area contributed by atoms with Crippen LogP contribution < -0.4 is 10.1 Å². The largest absolute Gasteiger partial charge is 0.496 e. The number of anilines is 1. The number of carbonyl (C=O) groups excluding carboxylic acids is 1. The van der Waals surface area contributed by atoms with Crippen molar-refractivity contribution in [2.45, 2.75) is 19.0 Å². The Hall–Kier alpha value is -2.51. The lowest BCUT2D eigenvalue weighted by atomic mass is 10.1. The maximum Gasteiger partial charge on any atom is 0.234 e. The van der Waals surface area contributed by atoms with Gasteiger partial charge in [0.25, 0.3) is 0 Å². The number of halogens is 1. The lowest BCUT2D eigenvalue weighted by molar-refractivity contribution is -0.113. The van der Waals surface area contributed by atoms with Crippen LogP contribution in [-0.2, 0) is 11.8 Å².